The lowest BCUT2D eigenvalue weighted by atomic mass is 9.96. The van der Waals surface area contributed by atoms with Gasteiger partial charge in [-0.15, -0.1) is 0 Å². The van der Waals surface area contributed by atoms with Crippen molar-refractivity contribution in [1.29, 1.82) is 0 Å². The van der Waals surface area contributed by atoms with Gasteiger partial charge in [-0.2, -0.15) is 0 Å². The van der Waals surface area contributed by atoms with E-state index in [9.17, 15) is 19.5 Å². The Morgan fingerprint density at radius 2 is 1.54 bits per heavy atom. The average Bonchev–Trinajstić information content (AvgIpc) is 3.18. The minimum absolute atomic E-state index is 0.165. The van der Waals surface area contributed by atoms with Crippen molar-refractivity contribution < 1.29 is 9.90 Å². The number of benzene rings is 3. The number of nitrogens with one attached hydrogen (secondary N) is 1. The van der Waals surface area contributed by atoms with Crippen LogP contribution in [0.1, 0.15) is 34.1 Å². The van der Waals surface area contributed by atoms with Gasteiger partial charge in [0.2, 0.25) is 0 Å². The fraction of sp³-hybridized carbons (Fsp3) is 0.219. The van der Waals surface area contributed by atoms with Crippen LogP contribution in [-0.2, 0) is 14.1 Å². The first kappa shape index (κ1) is 27.5. The van der Waals surface area contributed by atoms with Crippen molar-refractivity contribution in [3.63, 3.8) is 0 Å². The second kappa shape index (κ2) is 10.8. The number of anilines is 2. The number of ketones is 1. The molecule has 9 nitrogen and oxygen atoms in total. The highest BCUT2D eigenvalue weighted by atomic mass is 16.3. The highest BCUT2D eigenvalue weighted by molar-refractivity contribution is 6.03. The quantitative estimate of drug-likeness (QED) is 0.275. The molecule has 3 aromatic carbocycles. The summed E-state index contributed by atoms with van der Waals surface area (Å²) in [5.41, 5.74) is 2.91. The van der Waals surface area contributed by atoms with Gasteiger partial charge in [-0.25, -0.2) is 4.68 Å². The summed E-state index contributed by atoms with van der Waals surface area (Å²) >= 11 is 0. The number of Topliss-reactive ketones (excluding diaryl/α,β-unsaturated/α-hetero) is 1. The molecule has 210 valence electrons. The largest absolute Gasteiger partial charge is 0.506 e. The zero-order valence-electron chi connectivity index (χ0n) is 23.8. The molecule has 2 heterocycles. The first-order valence-electron chi connectivity index (χ1n) is 13.3. The summed E-state index contributed by atoms with van der Waals surface area (Å²) < 4.78 is 4.70. The predicted molar refractivity (Wildman–Crippen MR) is 163 cm³/mol. The Kier molecular flexibility index (Phi) is 7.28. The Morgan fingerprint density at radius 1 is 0.902 bits per heavy atom. The number of hydrogen-bond acceptors (Lipinski definition) is 6. The molecule has 0 unspecified atom stereocenters. The summed E-state index contributed by atoms with van der Waals surface area (Å²) in [6.45, 7) is 1.84. The molecule has 41 heavy (non-hydrogen) atoms. The number of aryl methyl sites for hydroxylation is 1. The fourth-order valence-electron chi connectivity index (χ4n) is 5.18. The van der Waals surface area contributed by atoms with E-state index in [-0.39, 0.29) is 23.3 Å². The summed E-state index contributed by atoms with van der Waals surface area (Å²) in [5, 5.41) is 14.8. The van der Waals surface area contributed by atoms with Gasteiger partial charge in [-0.3, -0.25) is 19.1 Å². The van der Waals surface area contributed by atoms with Gasteiger partial charge >= 0.3 is 0 Å². The molecule has 0 amide bonds. The maximum Gasteiger partial charge on any atom is 0.295 e. The number of fused-ring (bicyclic) bond motifs is 1. The SMILES string of the molecule is Cc1c(N[C@H](CC(=O)c2c(O)c3ccccc3n(C)c2=O)c2ccc(N(C)C)cc2)c(=O)n(-c2ccccc2)n1C. The molecule has 0 spiro atoms. The van der Waals surface area contributed by atoms with Crippen molar-refractivity contribution in [2.45, 2.75) is 19.4 Å². The van der Waals surface area contributed by atoms with Gasteiger partial charge in [0.05, 0.1) is 22.9 Å². The number of rotatable bonds is 8. The Balaban J connectivity index is 1.59. The van der Waals surface area contributed by atoms with E-state index in [2.05, 4.69) is 5.32 Å². The predicted octanol–water partition coefficient (Wildman–Crippen LogP) is 4.53. The lowest BCUT2D eigenvalue weighted by Gasteiger charge is -2.21. The zero-order valence-corrected chi connectivity index (χ0v) is 23.8. The van der Waals surface area contributed by atoms with Crippen molar-refractivity contribution in [3.8, 4) is 11.4 Å². The van der Waals surface area contributed by atoms with Crippen molar-refractivity contribution >= 4 is 28.1 Å². The smallest absolute Gasteiger partial charge is 0.295 e. The summed E-state index contributed by atoms with van der Waals surface area (Å²) in [7, 11) is 7.26. The van der Waals surface area contributed by atoms with Crippen LogP contribution < -0.4 is 21.3 Å². The Bertz CT molecular complexity index is 1870. The maximum atomic E-state index is 13.8. The highest BCUT2D eigenvalue weighted by Gasteiger charge is 2.27. The van der Waals surface area contributed by atoms with Gasteiger partial charge in [-0.1, -0.05) is 42.5 Å². The van der Waals surface area contributed by atoms with E-state index in [0.717, 1.165) is 11.3 Å². The molecule has 0 aliphatic heterocycles. The molecular formula is C32H33N5O4. The summed E-state index contributed by atoms with van der Waals surface area (Å²) in [4.78, 5) is 42.7. The molecule has 0 bridgehead atoms. The second-order valence-corrected chi connectivity index (χ2v) is 10.4. The van der Waals surface area contributed by atoms with Crippen molar-refractivity contribution in [2.75, 3.05) is 24.3 Å². The van der Waals surface area contributed by atoms with Crippen molar-refractivity contribution in [3.05, 3.63) is 116 Å². The molecule has 2 N–H and O–H groups in total. The molecule has 0 saturated heterocycles. The van der Waals surface area contributed by atoms with Crippen molar-refractivity contribution in [1.82, 2.24) is 13.9 Å². The molecule has 0 saturated carbocycles. The lowest BCUT2D eigenvalue weighted by molar-refractivity contribution is 0.0972. The zero-order chi connectivity index (χ0) is 29.4. The van der Waals surface area contributed by atoms with Crippen LogP contribution in [0.15, 0.2) is 88.5 Å². The van der Waals surface area contributed by atoms with Crippen LogP contribution in [0.5, 0.6) is 5.75 Å². The number of aromatic hydroxyl groups is 1. The number of para-hydroxylation sites is 2. The first-order valence-corrected chi connectivity index (χ1v) is 13.3. The van der Waals surface area contributed by atoms with Gasteiger partial charge in [0.15, 0.2) is 5.78 Å². The molecular weight excluding hydrogens is 518 g/mol. The van der Waals surface area contributed by atoms with Gasteiger partial charge in [0.1, 0.15) is 17.0 Å². The Morgan fingerprint density at radius 3 is 2.20 bits per heavy atom. The molecule has 9 heteroatoms. The van der Waals surface area contributed by atoms with Crippen LogP contribution >= 0.6 is 0 Å². The Hall–Kier alpha value is -5.05. The van der Waals surface area contributed by atoms with Crippen LogP contribution in [0.4, 0.5) is 11.4 Å². The van der Waals surface area contributed by atoms with Crippen molar-refractivity contribution in [2.24, 2.45) is 14.1 Å². The van der Waals surface area contributed by atoms with Crippen LogP contribution in [0.2, 0.25) is 0 Å². The van der Waals surface area contributed by atoms with Gasteiger partial charge < -0.3 is 19.9 Å². The van der Waals surface area contributed by atoms with Gasteiger partial charge in [-0.05, 0) is 48.9 Å². The van der Waals surface area contributed by atoms with E-state index < -0.39 is 17.4 Å². The van der Waals surface area contributed by atoms with Crippen LogP contribution in [-0.4, -0.2) is 38.9 Å². The van der Waals surface area contributed by atoms with E-state index in [1.165, 1.54) is 4.57 Å². The summed E-state index contributed by atoms with van der Waals surface area (Å²) in [6, 6.07) is 23.2. The number of carbonyl (C=O) groups excluding carboxylic acids is 1. The minimum Gasteiger partial charge on any atom is -0.506 e. The average molecular weight is 552 g/mol. The Labute approximate surface area is 237 Å². The second-order valence-electron chi connectivity index (χ2n) is 10.4. The number of nitrogens with zero attached hydrogens (tertiary/aromatic N) is 4. The molecule has 0 aliphatic carbocycles. The normalized spacial score (nSPS) is 11.9. The van der Waals surface area contributed by atoms with E-state index in [0.29, 0.717) is 28.0 Å². The van der Waals surface area contributed by atoms with Crippen LogP contribution in [0.25, 0.3) is 16.6 Å². The third-order valence-electron chi connectivity index (χ3n) is 7.63. The number of pyridine rings is 1. The molecule has 5 aromatic rings. The maximum absolute atomic E-state index is 13.8. The fourth-order valence-corrected chi connectivity index (χ4v) is 5.18. The summed E-state index contributed by atoms with van der Waals surface area (Å²) in [5.74, 6) is -0.863. The third kappa shape index (κ3) is 4.91. The standard InChI is InChI=1S/C32H33N5O4/c1-20-29(32(41)37(36(20)5)23-11-7-6-8-12-23)33-25(21-15-17-22(18-16-21)34(2)3)19-27(38)28-30(39)24-13-9-10-14-26(24)35(4)31(28)40/h6-18,25,33,39H,19H2,1-5H3/t25-/m1/s1. The topological polar surface area (TPSA) is 102 Å². The molecule has 1 atom stereocenters. The van der Waals surface area contributed by atoms with E-state index in [4.69, 9.17) is 0 Å². The highest BCUT2D eigenvalue weighted by Crippen LogP contribution is 2.31. The molecule has 5 rings (SSSR count). The molecule has 0 fully saturated rings. The van der Waals surface area contributed by atoms with E-state index in [1.807, 2.05) is 80.5 Å². The minimum atomic E-state index is -0.660. The van der Waals surface area contributed by atoms with E-state index >= 15 is 0 Å². The lowest BCUT2D eigenvalue weighted by Crippen LogP contribution is -2.27. The molecule has 2 aromatic heterocycles. The van der Waals surface area contributed by atoms with Crippen LogP contribution in [0.3, 0.4) is 0 Å². The molecule has 0 radical (unpaired) electrons. The monoisotopic (exact) mass is 551 g/mol. The molecule has 0 aliphatic rings. The third-order valence-corrected chi connectivity index (χ3v) is 7.63. The van der Waals surface area contributed by atoms with Crippen LogP contribution in [0, 0.1) is 6.92 Å². The first-order chi connectivity index (χ1) is 19.6. The van der Waals surface area contributed by atoms with E-state index in [1.54, 1.807) is 47.7 Å². The van der Waals surface area contributed by atoms with Gasteiger partial charge in [0.25, 0.3) is 11.1 Å². The number of aromatic nitrogens is 3. The summed E-state index contributed by atoms with van der Waals surface area (Å²) in [6.07, 6.45) is -0.165. The van der Waals surface area contributed by atoms with Gasteiger partial charge in [0, 0.05) is 45.7 Å². The number of carbonyl (C=O) groups is 1. The number of hydrogen-bond donors (Lipinski definition) is 2.